The highest BCUT2D eigenvalue weighted by Gasteiger charge is 2.24. The van der Waals surface area contributed by atoms with Crippen LogP contribution in [0.25, 0.3) is 0 Å². The van der Waals surface area contributed by atoms with Crippen LogP contribution in [-0.4, -0.2) is 15.2 Å². The van der Waals surface area contributed by atoms with Crippen LogP contribution in [0.2, 0.25) is 0 Å². The Morgan fingerprint density at radius 3 is 2.82 bits per heavy atom. The SMILES string of the molecule is CC(CCC(C)(C)c1nccs1)c1ccn[nH]1. The highest BCUT2D eigenvalue weighted by molar-refractivity contribution is 7.09. The third-order valence-electron chi connectivity index (χ3n) is 3.27. The monoisotopic (exact) mass is 249 g/mol. The van der Waals surface area contributed by atoms with Crippen LogP contribution in [-0.2, 0) is 5.41 Å². The largest absolute Gasteiger partial charge is 0.282 e. The summed E-state index contributed by atoms with van der Waals surface area (Å²) in [7, 11) is 0. The van der Waals surface area contributed by atoms with Crippen LogP contribution >= 0.6 is 11.3 Å². The van der Waals surface area contributed by atoms with E-state index < -0.39 is 0 Å². The standard InChI is InChI=1S/C13H19N3S/c1-10(11-5-7-15-16-11)4-6-13(2,3)12-14-8-9-17-12/h5,7-10H,4,6H2,1-3H3,(H,15,16). The van der Waals surface area contributed by atoms with Gasteiger partial charge in [0.15, 0.2) is 0 Å². The number of hydrogen-bond donors (Lipinski definition) is 1. The van der Waals surface area contributed by atoms with Gasteiger partial charge in [-0.15, -0.1) is 11.3 Å². The van der Waals surface area contributed by atoms with Gasteiger partial charge in [-0.05, 0) is 24.8 Å². The van der Waals surface area contributed by atoms with Gasteiger partial charge in [0.05, 0.1) is 5.01 Å². The van der Waals surface area contributed by atoms with Crippen LogP contribution in [0.5, 0.6) is 0 Å². The molecule has 0 fully saturated rings. The average molecular weight is 249 g/mol. The minimum absolute atomic E-state index is 0.169. The molecule has 0 amide bonds. The van der Waals surface area contributed by atoms with Gasteiger partial charge in [0.2, 0.25) is 0 Å². The van der Waals surface area contributed by atoms with Gasteiger partial charge in [-0.2, -0.15) is 5.10 Å². The lowest BCUT2D eigenvalue weighted by Gasteiger charge is -2.23. The average Bonchev–Trinajstić information content (AvgIpc) is 2.97. The summed E-state index contributed by atoms with van der Waals surface area (Å²) in [5.74, 6) is 0.525. The Balaban J connectivity index is 1.94. The number of H-pyrrole nitrogens is 1. The van der Waals surface area contributed by atoms with Crippen LogP contribution in [0.3, 0.4) is 0 Å². The van der Waals surface area contributed by atoms with E-state index in [0.29, 0.717) is 5.92 Å². The quantitative estimate of drug-likeness (QED) is 0.877. The van der Waals surface area contributed by atoms with Crippen molar-refractivity contribution in [2.75, 3.05) is 0 Å². The highest BCUT2D eigenvalue weighted by Crippen LogP contribution is 2.32. The second-order valence-electron chi connectivity index (χ2n) is 5.17. The minimum atomic E-state index is 0.169. The first-order valence-electron chi connectivity index (χ1n) is 5.99. The predicted molar refractivity (Wildman–Crippen MR) is 71.4 cm³/mol. The zero-order chi connectivity index (χ0) is 12.3. The van der Waals surface area contributed by atoms with Crippen molar-refractivity contribution in [1.29, 1.82) is 0 Å². The van der Waals surface area contributed by atoms with Gasteiger partial charge >= 0.3 is 0 Å². The molecule has 2 aromatic rings. The van der Waals surface area contributed by atoms with E-state index in [1.165, 1.54) is 10.7 Å². The van der Waals surface area contributed by atoms with Crippen LogP contribution in [0.4, 0.5) is 0 Å². The van der Waals surface area contributed by atoms with E-state index in [9.17, 15) is 0 Å². The molecular formula is C13H19N3S. The van der Waals surface area contributed by atoms with Gasteiger partial charge in [0.25, 0.3) is 0 Å². The molecule has 17 heavy (non-hydrogen) atoms. The number of hydrogen-bond acceptors (Lipinski definition) is 3. The molecule has 0 aliphatic carbocycles. The lowest BCUT2D eigenvalue weighted by molar-refractivity contribution is 0.435. The summed E-state index contributed by atoms with van der Waals surface area (Å²) in [6, 6.07) is 2.06. The molecule has 1 unspecified atom stereocenters. The molecule has 2 aromatic heterocycles. The van der Waals surface area contributed by atoms with Crippen molar-refractivity contribution in [1.82, 2.24) is 15.2 Å². The number of nitrogens with one attached hydrogen (secondary N) is 1. The Morgan fingerprint density at radius 1 is 1.41 bits per heavy atom. The van der Waals surface area contributed by atoms with Gasteiger partial charge in [-0.25, -0.2) is 4.98 Å². The second kappa shape index (κ2) is 5.00. The number of aromatic nitrogens is 3. The lowest BCUT2D eigenvalue weighted by atomic mass is 9.85. The third kappa shape index (κ3) is 2.94. The van der Waals surface area contributed by atoms with Crippen molar-refractivity contribution < 1.29 is 0 Å². The van der Waals surface area contributed by atoms with Gasteiger partial charge in [0, 0.05) is 28.9 Å². The summed E-state index contributed by atoms with van der Waals surface area (Å²) in [6.45, 7) is 6.78. The van der Waals surface area contributed by atoms with Gasteiger partial charge in [-0.1, -0.05) is 20.8 Å². The first kappa shape index (κ1) is 12.3. The van der Waals surface area contributed by atoms with Crippen LogP contribution in [0, 0.1) is 0 Å². The van der Waals surface area contributed by atoms with Crippen molar-refractivity contribution >= 4 is 11.3 Å². The Bertz CT molecular complexity index is 431. The van der Waals surface area contributed by atoms with E-state index in [1.807, 2.05) is 12.4 Å². The van der Waals surface area contributed by atoms with E-state index in [4.69, 9.17) is 0 Å². The molecule has 0 aliphatic rings. The molecule has 0 aromatic carbocycles. The summed E-state index contributed by atoms with van der Waals surface area (Å²) in [5, 5.41) is 10.3. The summed E-state index contributed by atoms with van der Waals surface area (Å²) < 4.78 is 0. The van der Waals surface area contributed by atoms with E-state index >= 15 is 0 Å². The maximum Gasteiger partial charge on any atom is 0.0981 e. The molecule has 1 atom stereocenters. The predicted octanol–water partition coefficient (Wildman–Crippen LogP) is 3.73. The molecule has 0 aliphatic heterocycles. The molecule has 0 spiro atoms. The maximum atomic E-state index is 4.43. The summed E-state index contributed by atoms with van der Waals surface area (Å²) in [6.07, 6.45) is 5.99. The summed E-state index contributed by atoms with van der Waals surface area (Å²) in [5.41, 5.74) is 1.39. The maximum absolute atomic E-state index is 4.43. The van der Waals surface area contributed by atoms with Crippen LogP contribution < -0.4 is 0 Å². The highest BCUT2D eigenvalue weighted by atomic mass is 32.1. The Labute approximate surface area is 106 Å². The van der Waals surface area contributed by atoms with Crippen LogP contribution in [0.15, 0.2) is 23.8 Å². The molecular weight excluding hydrogens is 230 g/mol. The molecule has 4 heteroatoms. The van der Waals surface area contributed by atoms with Crippen LogP contribution in [0.1, 0.15) is 50.2 Å². The molecule has 0 bridgehead atoms. The summed E-state index contributed by atoms with van der Waals surface area (Å²) in [4.78, 5) is 4.43. The number of nitrogens with zero attached hydrogens (tertiary/aromatic N) is 2. The smallest absolute Gasteiger partial charge is 0.0981 e. The fraction of sp³-hybridized carbons (Fsp3) is 0.538. The fourth-order valence-corrected chi connectivity index (χ4v) is 2.73. The Hall–Kier alpha value is -1.16. The van der Waals surface area contributed by atoms with Gasteiger partial charge in [-0.3, -0.25) is 5.10 Å². The number of thiazole rings is 1. The first-order chi connectivity index (χ1) is 8.09. The number of aromatic amines is 1. The third-order valence-corrected chi connectivity index (χ3v) is 4.41. The Morgan fingerprint density at radius 2 is 2.24 bits per heavy atom. The van der Waals surface area contributed by atoms with E-state index in [1.54, 1.807) is 11.3 Å². The van der Waals surface area contributed by atoms with E-state index in [0.717, 1.165) is 12.8 Å². The van der Waals surface area contributed by atoms with Crippen molar-refractivity contribution in [2.45, 2.75) is 44.9 Å². The zero-order valence-corrected chi connectivity index (χ0v) is 11.4. The molecule has 92 valence electrons. The van der Waals surface area contributed by atoms with Crippen molar-refractivity contribution in [3.63, 3.8) is 0 Å². The van der Waals surface area contributed by atoms with Crippen molar-refractivity contribution in [2.24, 2.45) is 0 Å². The van der Waals surface area contributed by atoms with E-state index in [-0.39, 0.29) is 5.41 Å². The van der Waals surface area contributed by atoms with Crippen molar-refractivity contribution in [3.8, 4) is 0 Å². The summed E-state index contributed by atoms with van der Waals surface area (Å²) >= 11 is 1.75. The molecule has 1 N–H and O–H groups in total. The molecule has 2 heterocycles. The molecule has 0 radical (unpaired) electrons. The fourth-order valence-electron chi connectivity index (χ4n) is 1.94. The minimum Gasteiger partial charge on any atom is -0.282 e. The Kier molecular flexibility index (Phi) is 3.62. The first-order valence-corrected chi connectivity index (χ1v) is 6.87. The van der Waals surface area contributed by atoms with Gasteiger partial charge < -0.3 is 0 Å². The van der Waals surface area contributed by atoms with Gasteiger partial charge in [0.1, 0.15) is 0 Å². The molecule has 0 saturated carbocycles. The lowest BCUT2D eigenvalue weighted by Crippen LogP contribution is -2.17. The van der Waals surface area contributed by atoms with E-state index in [2.05, 4.69) is 47.4 Å². The molecule has 2 rings (SSSR count). The topological polar surface area (TPSA) is 41.6 Å². The van der Waals surface area contributed by atoms with Crippen molar-refractivity contribution in [3.05, 3.63) is 34.5 Å². The zero-order valence-electron chi connectivity index (χ0n) is 10.6. The number of rotatable bonds is 5. The molecule has 3 nitrogen and oxygen atoms in total. The second-order valence-corrected chi connectivity index (χ2v) is 6.07. The normalized spacial score (nSPS) is 13.8. The molecule has 0 saturated heterocycles.